The van der Waals surface area contributed by atoms with Crippen molar-refractivity contribution >= 4 is 0 Å². The molecule has 1 aromatic carbocycles. The highest BCUT2D eigenvalue weighted by Crippen LogP contribution is 2.41. The minimum atomic E-state index is 0.272. The van der Waals surface area contributed by atoms with Gasteiger partial charge in [-0.15, -0.1) is 0 Å². The Hall–Kier alpha value is -1.22. The molecule has 1 aromatic rings. The summed E-state index contributed by atoms with van der Waals surface area (Å²) in [7, 11) is 1.73. The van der Waals surface area contributed by atoms with Crippen LogP contribution in [-0.2, 0) is 6.42 Å². The molecule has 0 bridgehead atoms. The van der Waals surface area contributed by atoms with Crippen LogP contribution in [0, 0.1) is 0 Å². The van der Waals surface area contributed by atoms with Crippen molar-refractivity contribution in [1.82, 2.24) is 5.32 Å². The van der Waals surface area contributed by atoms with Gasteiger partial charge in [0.25, 0.3) is 0 Å². The molecule has 3 heteroatoms. The number of benzene rings is 1. The molecule has 3 rings (SSSR count). The molecule has 0 aromatic heterocycles. The molecule has 1 saturated heterocycles. The van der Waals surface area contributed by atoms with Crippen molar-refractivity contribution in [2.75, 3.05) is 20.2 Å². The van der Waals surface area contributed by atoms with Crippen molar-refractivity contribution in [3.05, 3.63) is 23.3 Å². The van der Waals surface area contributed by atoms with E-state index >= 15 is 0 Å². The van der Waals surface area contributed by atoms with E-state index in [-0.39, 0.29) is 6.10 Å². The monoisotopic (exact) mass is 247 g/mol. The van der Waals surface area contributed by atoms with E-state index in [1.807, 2.05) is 0 Å². The molecule has 0 spiro atoms. The zero-order valence-corrected chi connectivity index (χ0v) is 11.2. The Morgan fingerprint density at radius 3 is 3.00 bits per heavy atom. The standard InChI is InChI=1S/C15H21NO2/c1-10-6-13-7-12(11-4-3-5-16-9-11)8-14(17-2)15(13)18-10/h7-8,10-11,16H,3-6,9H2,1-2H3. The highest BCUT2D eigenvalue weighted by atomic mass is 16.5. The van der Waals surface area contributed by atoms with Gasteiger partial charge < -0.3 is 14.8 Å². The number of methoxy groups -OCH3 is 1. The smallest absolute Gasteiger partial charge is 0.164 e. The van der Waals surface area contributed by atoms with Gasteiger partial charge in [0.15, 0.2) is 11.5 Å². The average Bonchev–Trinajstić information content (AvgIpc) is 2.78. The lowest BCUT2D eigenvalue weighted by atomic mass is 9.90. The SMILES string of the molecule is COc1cc(C2CCCNC2)cc2c1OC(C)C2. The summed E-state index contributed by atoms with van der Waals surface area (Å²) >= 11 is 0. The van der Waals surface area contributed by atoms with Crippen LogP contribution < -0.4 is 14.8 Å². The summed E-state index contributed by atoms with van der Waals surface area (Å²) in [5.41, 5.74) is 2.71. The van der Waals surface area contributed by atoms with Gasteiger partial charge in [0.2, 0.25) is 0 Å². The fourth-order valence-electron chi connectivity index (χ4n) is 3.05. The Bertz CT molecular complexity index is 438. The Kier molecular flexibility index (Phi) is 3.16. The second-order valence-corrected chi connectivity index (χ2v) is 5.39. The summed E-state index contributed by atoms with van der Waals surface area (Å²) in [6.45, 7) is 4.35. The van der Waals surface area contributed by atoms with E-state index in [2.05, 4.69) is 24.4 Å². The fraction of sp³-hybridized carbons (Fsp3) is 0.600. The van der Waals surface area contributed by atoms with Gasteiger partial charge in [-0.2, -0.15) is 0 Å². The van der Waals surface area contributed by atoms with Crippen LogP contribution in [0.3, 0.4) is 0 Å². The van der Waals surface area contributed by atoms with Crippen molar-refractivity contribution in [3.8, 4) is 11.5 Å². The molecule has 2 aliphatic heterocycles. The van der Waals surface area contributed by atoms with Crippen LogP contribution in [0.15, 0.2) is 12.1 Å². The molecule has 2 unspecified atom stereocenters. The van der Waals surface area contributed by atoms with Crippen LogP contribution in [-0.4, -0.2) is 26.3 Å². The van der Waals surface area contributed by atoms with E-state index in [1.165, 1.54) is 24.0 Å². The zero-order chi connectivity index (χ0) is 12.5. The number of rotatable bonds is 2. The minimum Gasteiger partial charge on any atom is -0.493 e. The minimum absolute atomic E-state index is 0.272. The predicted molar refractivity (Wildman–Crippen MR) is 71.6 cm³/mol. The first kappa shape index (κ1) is 11.8. The van der Waals surface area contributed by atoms with Crippen LogP contribution in [0.25, 0.3) is 0 Å². The lowest BCUT2D eigenvalue weighted by molar-refractivity contribution is 0.243. The van der Waals surface area contributed by atoms with E-state index < -0.39 is 0 Å². The van der Waals surface area contributed by atoms with Gasteiger partial charge in [-0.1, -0.05) is 6.07 Å². The van der Waals surface area contributed by atoms with Gasteiger partial charge in [0, 0.05) is 18.5 Å². The topological polar surface area (TPSA) is 30.5 Å². The number of hydrogen-bond donors (Lipinski definition) is 1. The third-order valence-corrected chi connectivity index (χ3v) is 3.97. The number of ether oxygens (including phenoxy) is 2. The third-order valence-electron chi connectivity index (χ3n) is 3.97. The van der Waals surface area contributed by atoms with Crippen LogP contribution in [0.2, 0.25) is 0 Å². The predicted octanol–water partition coefficient (Wildman–Crippen LogP) is 2.49. The summed E-state index contributed by atoms with van der Waals surface area (Å²) in [5, 5.41) is 3.48. The fourth-order valence-corrected chi connectivity index (χ4v) is 3.05. The van der Waals surface area contributed by atoms with Crippen LogP contribution >= 0.6 is 0 Å². The van der Waals surface area contributed by atoms with Gasteiger partial charge in [-0.05, 0) is 43.9 Å². The Morgan fingerprint density at radius 1 is 1.39 bits per heavy atom. The molecule has 98 valence electrons. The van der Waals surface area contributed by atoms with Crippen molar-refractivity contribution in [3.63, 3.8) is 0 Å². The first-order valence-electron chi connectivity index (χ1n) is 6.86. The molecule has 0 aliphatic carbocycles. The maximum atomic E-state index is 5.83. The van der Waals surface area contributed by atoms with E-state index in [0.29, 0.717) is 5.92 Å². The third kappa shape index (κ3) is 2.07. The molecule has 0 amide bonds. The maximum Gasteiger partial charge on any atom is 0.164 e. The average molecular weight is 247 g/mol. The zero-order valence-electron chi connectivity index (χ0n) is 11.2. The molecule has 2 aliphatic rings. The van der Waals surface area contributed by atoms with Gasteiger partial charge in [0.05, 0.1) is 7.11 Å². The highest BCUT2D eigenvalue weighted by Gasteiger charge is 2.26. The molecular formula is C15H21NO2. The summed E-state index contributed by atoms with van der Waals surface area (Å²) in [6.07, 6.45) is 3.80. The summed E-state index contributed by atoms with van der Waals surface area (Å²) in [5.74, 6) is 2.48. The van der Waals surface area contributed by atoms with Gasteiger partial charge >= 0.3 is 0 Å². The largest absolute Gasteiger partial charge is 0.493 e. The molecule has 18 heavy (non-hydrogen) atoms. The Morgan fingerprint density at radius 2 is 2.28 bits per heavy atom. The van der Waals surface area contributed by atoms with Crippen molar-refractivity contribution in [2.24, 2.45) is 0 Å². The first-order chi connectivity index (χ1) is 8.78. The second kappa shape index (κ2) is 4.81. The van der Waals surface area contributed by atoms with Crippen LogP contribution in [0.5, 0.6) is 11.5 Å². The van der Waals surface area contributed by atoms with Gasteiger partial charge in [-0.25, -0.2) is 0 Å². The van der Waals surface area contributed by atoms with Crippen LogP contribution in [0.4, 0.5) is 0 Å². The summed E-state index contributed by atoms with van der Waals surface area (Å²) in [4.78, 5) is 0. The second-order valence-electron chi connectivity index (χ2n) is 5.39. The Labute approximate surface area is 108 Å². The maximum absolute atomic E-state index is 5.83. The van der Waals surface area contributed by atoms with E-state index in [0.717, 1.165) is 31.0 Å². The number of piperidine rings is 1. The lowest BCUT2D eigenvalue weighted by Gasteiger charge is -2.24. The lowest BCUT2D eigenvalue weighted by Crippen LogP contribution is -2.28. The molecule has 2 atom stereocenters. The molecular weight excluding hydrogens is 226 g/mol. The summed E-state index contributed by atoms with van der Waals surface area (Å²) < 4.78 is 11.3. The van der Waals surface area contributed by atoms with Gasteiger partial charge in [0.1, 0.15) is 6.10 Å². The van der Waals surface area contributed by atoms with Crippen molar-refractivity contribution < 1.29 is 9.47 Å². The molecule has 0 saturated carbocycles. The molecule has 3 nitrogen and oxygen atoms in total. The van der Waals surface area contributed by atoms with Crippen molar-refractivity contribution in [1.29, 1.82) is 0 Å². The number of nitrogens with one attached hydrogen (secondary N) is 1. The Balaban J connectivity index is 1.94. The summed E-state index contributed by atoms with van der Waals surface area (Å²) in [6, 6.07) is 4.48. The number of hydrogen-bond acceptors (Lipinski definition) is 3. The quantitative estimate of drug-likeness (QED) is 0.871. The van der Waals surface area contributed by atoms with E-state index in [9.17, 15) is 0 Å². The number of fused-ring (bicyclic) bond motifs is 1. The molecule has 1 fully saturated rings. The highest BCUT2D eigenvalue weighted by molar-refractivity contribution is 5.52. The normalized spacial score (nSPS) is 26.6. The molecule has 1 N–H and O–H groups in total. The first-order valence-corrected chi connectivity index (χ1v) is 6.86. The van der Waals surface area contributed by atoms with Crippen LogP contribution in [0.1, 0.15) is 36.8 Å². The molecule has 0 radical (unpaired) electrons. The van der Waals surface area contributed by atoms with Crippen molar-refractivity contribution in [2.45, 2.75) is 38.2 Å². The van der Waals surface area contributed by atoms with E-state index in [1.54, 1.807) is 7.11 Å². The van der Waals surface area contributed by atoms with Gasteiger partial charge in [-0.3, -0.25) is 0 Å². The molecule has 2 heterocycles. The van der Waals surface area contributed by atoms with E-state index in [4.69, 9.17) is 9.47 Å².